The molecule has 0 aliphatic carbocycles. The summed E-state index contributed by atoms with van der Waals surface area (Å²) in [5.74, 6) is -0.913. The Morgan fingerprint density at radius 1 is 1.14 bits per heavy atom. The van der Waals surface area contributed by atoms with Crippen LogP contribution in [0.2, 0.25) is 0 Å². The number of rotatable bonds is 6. The van der Waals surface area contributed by atoms with E-state index in [1.165, 1.54) is 6.07 Å². The largest absolute Gasteiger partial charge is 0.314 e. The highest BCUT2D eigenvalue weighted by molar-refractivity contribution is 5.85. The van der Waals surface area contributed by atoms with E-state index in [9.17, 15) is 8.78 Å². The molecule has 1 N–H and O–H groups in total. The highest BCUT2D eigenvalue weighted by Crippen LogP contribution is 2.29. The summed E-state index contributed by atoms with van der Waals surface area (Å²) in [6.07, 6.45) is 4.34. The third kappa shape index (κ3) is 5.99. The van der Waals surface area contributed by atoms with E-state index in [0.717, 1.165) is 57.9 Å². The smallest absolute Gasteiger partial charge is 0.130 e. The van der Waals surface area contributed by atoms with Gasteiger partial charge in [0.25, 0.3) is 0 Å². The van der Waals surface area contributed by atoms with Crippen LogP contribution in [0.25, 0.3) is 0 Å². The van der Waals surface area contributed by atoms with Gasteiger partial charge in [0.15, 0.2) is 0 Å². The van der Waals surface area contributed by atoms with E-state index in [-0.39, 0.29) is 30.9 Å². The zero-order chi connectivity index (χ0) is 14.4. The standard InChI is InChI=1S/C16H24F2N2.2ClH/c1-2-3-4-5-16(20-10-8-19-9-11-20)14-7-6-13(17)12-15(14)18;;/h6-7,12,16,19H,2-5,8-11H2,1H3;2*1H/t16-;;/m1../s1. The highest BCUT2D eigenvalue weighted by atomic mass is 35.5. The normalized spacial score (nSPS) is 16.5. The summed E-state index contributed by atoms with van der Waals surface area (Å²) in [7, 11) is 0. The van der Waals surface area contributed by atoms with Crippen molar-refractivity contribution < 1.29 is 8.78 Å². The fourth-order valence-electron chi connectivity index (χ4n) is 2.89. The van der Waals surface area contributed by atoms with Crippen molar-refractivity contribution in [2.45, 2.75) is 38.6 Å². The molecule has 2 rings (SSSR count). The average molecular weight is 355 g/mol. The number of halogens is 4. The van der Waals surface area contributed by atoms with Crippen LogP contribution < -0.4 is 5.32 Å². The molecule has 1 aromatic carbocycles. The first-order valence-electron chi connectivity index (χ1n) is 7.62. The number of unbranched alkanes of at least 4 members (excludes halogenated alkanes) is 2. The van der Waals surface area contributed by atoms with Crippen LogP contribution in [-0.2, 0) is 0 Å². The van der Waals surface area contributed by atoms with Gasteiger partial charge in [-0.25, -0.2) is 8.78 Å². The Bertz CT molecular complexity index is 427. The zero-order valence-electron chi connectivity index (χ0n) is 13.0. The summed E-state index contributed by atoms with van der Waals surface area (Å²) in [6, 6.07) is 4.06. The molecule has 1 aliphatic heterocycles. The minimum absolute atomic E-state index is 0. The van der Waals surface area contributed by atoms with Crippen LogP contribution in [0.1, 0.15) is 44.2 Å². The Kier molecular flexibility index (Phi) is 11.0. The van der Waals surface area contributed by atoms with Gasteiger partial charge < -0.3 is 5.32 Å². The lowest BCUT2D eigenvalue weighted by Crippen LogP contribution is -2.45. The van der Waals surface area contributed by atoms with Crippen LogP contribution in [0.15, 0.2) is 18.2 Å². The first-order chi connectivity index (χ1) is 9.72. The molecule has 1 aromatic rings. The van der Waals surface area contributed by atoms with Crippen LogP contribution >= 0.6 is 24.8 Å². The van der Waals surface area contributed by atoms with Crippen LogP contribution in [0.4, 0.5) is 8.78 Å². The number of benzene rings is 1. The molecule has 6 heteroatoms. The minimum atomic E-state index is -0.501. The highest BCUT2D eigenvalue weighted by Gasteiger charge is 2.24. The molecule has 0 bridgehead atoms. The quantitative estimate of drug-likeness (QED) is 0.764. The average Bonchev–Trinajstić information content (AvgIpc) is 2.46. The van der Waals surface area contributed by atoms with Crippen molar-refractivity contribution >= 4 is 24.8 Å². The van der Waals surface area contributed by atoms with Gasteiger partial charge in [0.05, 0.1) is 0 Å². The van der Waals surface area contributed by atoms with Gasteiger partial charge in [0, 0.05) is 43.9 Å². The van der Waals surface area contributed by atoms with Crippen molar-refractivity contribution in [3.63, 3.8) is 0 Å². The number of piperazine rings is 1. The molecule has 2 nitrogen and oxygen atoms in total. The molecule has 0 aromatic heterocycles. The molecule has 0 unspecified atom stereocenters. The lowest BCUT2D eigenvalue weighted by Gasteiger charge is -2.35. The van der Waals surface area contributed by atoms with E-state index in [1.807, 2.05) is 0 Å². The molecule has 1 saturated heterocycles. The maximum absolute atomic E-state index is 14.1. The van der Waals surface area contributed by atoms with E-state index in [0.29, 0.717) is 5.56 Å². The Morgan fingerprint density at radius 2 is 1.82 bits per heavy atom. The minimum Gasteiger partial charge on any atom is -0.314 e. The molecular weight excluding hydrogens is 329 g/mol. The third-order valence-corrected chi connectivity index (χ3v) is 3.99. The van der Waals surface area contributed by atoms with Gasteiger partial charge >= 0.3 is 0 Å². The summed E-state index contributed by atoms with van der Waals surface area (Å²) in [6.45, 7) is 5.89. The fourth-order valence-corrected chi connectivity index (χ4v) is 2.89. The summed E-state index contributed by atoms with van der Waals surface area (Å²) >= 11 is 0. The van der Waals surface area contributed by atoms with Crippen LogP contribution in [-0.4, -0.2) is 31.1 Å². The number of hydrogen-bond acceptors (Lipinski definition) is 2. The lowest BCUT2D eigenvalue weighted by molar-refractivity contribution is 0.159. The molecule has 0 saturated carbocycles. The van der Waals surface area contributed by atoms with Crippen LogP contribution in [0, 0.1) is 11.6 Å². The molecule has 0 radical (unpaired) electrons. The van der Waals surface area contributed by atoms with E-state index in [1.54, 1.807) is 6.07 Å². The van der Waals surface area contributed by atoms with E-state index >= 15 is 0 Å². The molecule has 22 heavy (non-hydrogen) atoms. The summed E-state index contributed by atoms with van der Waals surface area (Å²) < 4.78 is 27.2. The maximum Gasteiger partial charge on any atom is 0.130 e. The number of nitrogens with one attached hydrogen (secondary N) is 1. The molecule has 0 amide bonds. The Labute approximate surface area is 144 Å². The van der Waals surface area contributed by atoms with Gasteiger partial charge in [-0.1, -0.05) is 32.3 Å². The molecule has 128 valence electrons. The summed E-state index contributed by atoms with van der Waals surface area (Å²) in [5, 5.41) is 3.32. The van der Waals surface area contributed by atoms with Crippen molar-refractivity contribution in [1.29, 1.82) is 0 Å². The van der Waals surface area contributed by atoms with Gasteiger partial charge in [-0.05, 0) is 12.5 Å². The van der Waals surface area contributed by atoms with Crippen LogP contribution in [0.5, 0.6) is 0 Å². The van der Waals surface area contributed by atoms with E-state index in [4.69, 9.17) is 0 Å². The molecule has 1 atom stereocenters. The van der Waals surface area contributed by atoms with Gasteiger partial charge in [-0.3, -0.25) is 4.90 Å². The molecule has 1 aliphatic rings. The van der Waals surface area contributed by atoms with Crippen LogP contribution in [0.3, 0.4) is 0 Å². The zero-order valence-corrected chi connectivity index (χ0v) is 14.6. The molecule has 0 spiro atoms. The summed E-state index contributed by atoms with van der Waals surface area (Å²) in [4.78, 5) is 2.32. The Hall–Kier alpha value is -0.420. The molecule has 1 fully saturated rings. The van der Waals surface area contributed by atoms with Gasteiger partial charge in [0.2, 0.25) is 0 Å². The summed E-state index contributed by atoms with van der Waals surface area (Å²) in [5.41, 5.74) is 0.643. The number of nitrogens with zero attached hydrogens (tertiary/aromatic N) is 1. The van der Waals surface area contributed by atoms with E-state index in [2.05, 4.69) is 17.1 Å². The van der Waals surface area contributed by atoms with Crippen molar-refractivity contribution in [1.82, 2.24) is 10.2 Å². The molecular formula is C16H26Cl2F2N2. The topological polar surface area (TPSA) is 15.3 Å². The van der Waals surface area contributed by atoms with Gasteiger partial charge in [-0.15, -0.1) is 24.8 Å². The third-order valence-electron chi connectivity index (χ3n) is 3.99. The first kappa shape index (κ1) is 21.6. The predicted molar refractivity (Wildman–Crippen MR) is 92.2 cm³/mol. The monoisotopic (exact) mass is 354 g/mol. The van der Waals surface area contributed by atoms with Crippen molar-refractivity contribution in [2.75, 3.05) is 26.2 Å². The molecule has 1 heterocycles. The predicted octanol–water partition coefficient (Wildman–Crippen LogP) is 4.34. The van der Waals surface area contributed by atoms with E-state index < -0.39 is 11.6 Å². The maximum atomic E-state index is 14.1. The van der Waals surface area contributed by atoms with Crippen molar-refractivity contribution in [3.8, 4) is 0 Å². The lowest BCUT2D eigenvalue weighted by atomic mass is 9.97. The Morgan fingerprint density at radius 3 is 2.41 bits per heavy atom. The van der Waals surface area contributed by atoms with Gasteiger partial charge in [0.1, 0.15) is 11.6 Å². The fraction of sp³-hybridized carbons (Fsp3) is 0.625. The van der Waals surface area contributed by atoms with Gasteiger partial charge in [-0.2, -0.15) is 0 Å². The second kappa shape index (κ2) is 11.2. The first-order valence-corrected chi connectivity index (χ1v) is 7.62. The SMILES string of the molecule is CCCCC[C@H](c1ccc(F)cc1F)N1CCNCC1.Cl.Cl. The second-order valence-electron chi connectivity index (χ2n) is 5.46. The van der Waals surface area contributed by atoms with Crippen molar-refractivity contribution in [2.24, 2.45) is 0 Å². The van der Waals surface area contributed by atoms with Crippen molar-refractivity contribution in [3.05, 3.63) is 35.4 Å². The second-order valence-corrected chi connectivity index (χ2v) is 5.46. The Balaban J connectivity index is 0.00000220. The number of hydrogen-bond donors (Lipinski definition) is 1.